The van der Waals surface area contributed by atoms with Crippen LogP contribution in [0.4, 0.5) is 11.5 Å². The van der Waals surface area contributed by atoms with Crippen LogP contribution in [0.1, 0.15) is 10.4 Å². The van der Waals surface area contributed by atoms with Gasteiger partial charge in [-0.15, -0.1) is 0 Å². The van der Waals surface area contributed by atoms with Crippen LogP contribution in [-0.2, 0) is 4.74 Å². The summed E-state index contributed by atoms with van der Waals surface area (Å²) in [4.78, 5) is 23.0. The first-order chi connectivity index (χ1) is 10.8. The summed E-state index contributed by atoms with van der Waals surface area (Å²) >= 11 is 0. The molecule has 0 saturated carbocycles. The average Bonchev–Trinajstić information content (AvgIpc) is 2.71. The lowest BCUT2D eigenvalue weighted by Gasteiger charge is -2.29. The molecule has 2 aliphatic rings. The second-order valence-corrected chi connectivity index (χ2v) is 5.03. The molecule has 112 valence electrons. The molecule has 1 saturated heterocycles. The monoisotopic (exact) mass is 298 g/mol. The number of fused-ring (bicyclic) bond motifs is 2. The molecule has 7 heteroatoms. The van der Waals surface area contributed by atoms with Crippen LogP contribution in [0.5, 0.6) is 11.6 Å². The molecule has 0 bridgehead atoms. The molecule has 22 heavy (non-hydrogen) atoms. The lowest BCUT2D eigenvalue weighted by Crippen LogP contribution is -2.37. The zero-order valence-corrected chi connectivity index (χ0v) is 11.8. The minimum Gasteiger partial charge on any atom is -0.436 e. The van der Waals surface area contributed by atoms with Crippen LogP contribution in [0.25, 0.3) is 0 Å². The molecule has 0 radical (unpaired) electrons. The van der Waals surface area contributed by atoms with Gasteiger partial charge in [-0.25, -0.2) is 4.98 Å². The van der Waals surface area contributed by atoms with Crippen molar-refractivity contribution in [1.29, 1.82) is 0 Å². The number of anilines is 2. The van der Waals surface area contributed by atoms with Crippen LogP contribution in [0.15, 0.2) is 30.6 Å². The molecule has 0 aliphatic carbocycles. The highest BCUT2D eigenvalue weighted by atomic mass is 16.5. The maximum Gasteiger partial charge on any atom is 0.259 e. The second kappa shape index (κ2) is 5.27. The van der Waals surface area contributed by atoms with Crippen LogP contribution in [0, 0.1) is 0 Å². The molecular formula is C15H14N4O3. The van der Waals surface area contributed by atoms with Crippen LogP contribution in [0.3, 0.4) is 0 Å². The average molecular weight is 298 g/mol. The molecule has 1 fully saturated rings. The summed E-state index contributed by atoms with van der Waals surface area (Å²) in [6, 6.07) is 7.09. The molecule has 7 nitrogen and oxygen atoms in total. The van der Waals surface area contributed by atoms with E-state index in [4.69, 9.17) is 9.47 Å². The van der Waals surface area contributed by atoms with Gasteiger partial charge in [0.25, 0.3) is 5.91 Å². The first-order valence-electron chi connectivity index (χ1n) is 7.09. The third kappa shape index (κ3) is 2.15. The third-order valence-electron chi connectivity index (χ3n) is 3.68. The minimum atomic E-state index is -0.223. The fourth-order valence-electron chi connectivity index (χ4n) is 2.59. The number of rotatable bonds is 1. The number of aromatic nitrogens is 2. The van der Waals surface area contributed by atoms with E-state index in [2.05, 4.69) is 20.2 Å². The van der Waals surface area contributed by atoms with E-state index in [-0.39, 0.29) is 5.91 Å². The lowest BCUT2D eigenvalue weighted by molar-refractivity contribution is 0.102. The number of nitrogens with zero attached hydrogens (tertiary/aromatic N) is 3. The SMILES string of the molecule is O=C1Nc2c(ncnc2N2CCOCC2)Oc2ccccc21. The maximum absolute atomic E-state index is 12.4. The smallest absolute Gasteiger partial charge is 0.259 e. The van der Waals surface area contributed by atoms with Crippen LogP contribution < -0.4 is 15.0 Å². The van der Waals surface area contributed by atoms with Crippen molar-refractivity contribution in [1.82, 2.24) is 9.97 Å². The van der Waals surface area contributed by atoms with Crippen LogP contribution in [-0.4, -0.2) is 42.2 Å². The predicted molar refractivity (Wildman–Crippen MR) is 79.5 cm³/mol. The normalized spacial score (nSPS) is 16.9. The van der Waals surface area contributed by atoms with E-state index < -0.39 is 0 Å². The van der Waals surface area contributed by atoms with Gasteiger partial charge in [0.05, 0.1) is 18.8 Å². The molecular weight excluding hydrogens is 284 g/mol. The standard InChI is InChI=1S/C15H14N4O3/c20-14-10-3-1-2-4-11(10)22-15-12(18-14)13(16-9-17-15)19-5-7-21-8-6-19/h1-4,9H,5-8H2,(H,18,20). The minimum absolute atomic E-state index is 0.223. The van der Waals surface area contributed by atoms with Gasteiger partial charge < -0.3 is 19.7 Å². The maximum atomic E-state index is 12.4. The zero-order valence-electron chi connectivity index (χ0n) is 11.8. The van der Waals surface area contributed by atoms with Gasteiger partial charge in [-0.05, 0) is 12.1 Å². The summed E-state index contributed by atoms with van der Waals surface area (Å²) < 4.78 is 11.2. The molecule has 0 atom stereocenters. The highest BCUT2D eigenvalue weighted by molar-refractivity contribution is 6.09. The Morgan fingerprint density at radius 3 is 2.82 bits per heavy atom. The number of ether oxygens (including phenoxy) is 2. The van der Waals surface area contributed by atoms with Crippen molar-refractivity contribution in [3.05, 3.63) is 36.2 Å². The fraction of sp³-hybridized carbons (Fsp3) is 0.267. The van der Waals surface area contributed by atoms with Crippen molar-refractivity contribution in [2.24, 2.45) is 0 Å². The fourth-order valence-corrected chi connectivity index (χ4v) is 2.59. The lowest BCUT2D eigenvalue weighted by atomic mass is 10.2. The van der Waals surface area contributed by atoms with E-state index in [9.17, 15) is 4.79 Å². The summed E-state index contributed by atoms with van der Waals surface area (Å²) in [7, 11) is 0. The van der Waals surface area contributed by atoms with Crippen molar-refractivity contribution < 1.29 is 14.3 Å². The molecule has 2 aromatic rings. The molecule has 1 aromatic carbocycles. The Balaban J connectivity index is 1.78. The molecule has 1 amide bonds. The highest BCUT2D eigenvalue weighted by Gasteiger charge is 2.27. The second-order valence-electron chi connectivity index (χ2n) is 5.03. The van der Waals surface area contributed by atoms with Crippen molar-refractivity contribution in [3.63, 3.8) is 0 Å². The van der Waals surface area contributed by atoms with Crippen LogP contribution in [0.2, 0.25) is 0 Å². The summed E-state index contributed by atoms with van der Waals surface area (Å²) in [5.74, 6) is 1.29. The number of carbonyl (C=O) groups excluding carboxylic acids is 1. The Hall–Kier alpha value is -2.67. The van der Waals surface area contributed by atoms with Crippen molar-refractivity contribution >= 4 is 17.4 Å². The van der Waals surface area contributed by atoms with E-state index in [0.717, 1.165) is 0 Å². The Kier molecular flexibility index (Phi) is 3.12. The third-order valence-corrected chi connectivity index (χ3v) is 3.68. The van der Waals surface area contributed by atoms with Gasteiger partial charge in [-0.2, -0.15) is 4.98 Å². The highest BCUT2D eigenvalue weighted by Crippen LogP contribution is 2.38. The topological polar surface area (TPSA) is 76.6 Å². The predicted octanol–water partition coefficient (Wildman–Crippen LogP) is 1.67. The Bertz CT molecular complexity index is 728. The van der Waals surface area contributed by atoms with Gasteiger partial charge in [0.1, 0.15) is 17.8 Å². The van der Waals surface area contributed by atoms with Gasteiger partial charge in [0.15, 0.2) is 5.82 Å². The molecule has 0 spiro atoms. The van der Waals surface area contributed by atoms with Gasteiger partial charge in [0.2, 0.25) is 5.88 Å². The first-order valence-corrected chi connectivity index (χ1v) is 7.09. The van der Waals surface area contributed by atoms with E-state index in [1.807, 2.05) is 6.07 Å². The number of para-hydroxylation sites is 1. The molecule has 1 aromatic heterocycles. The molecule has 4 rings (SSSR count). The van der Waals surface area contributed by atoms with E-state index in [0.29, 0.717) is 55.0 Å². The summed E-state index contributed by atoms with van der Waals surface area (Å²) in [6.07, 6.45) is 1.45. The first kappa shape index (κ1) is 13.0. The Labute approximate surface area is 126 Å². The molecule has 1 N–H and O–H groups in total. The van der Waals surface area contributed by atoms with Crippen molar-refractivity contribution in [3.8, 4) is 11.6 Å². The Morgan fingerprint density at radius 1 is 1.14 bits per heavy atom. The number of carbonyl (C=O) groups is 1. The molecule has 2 aliphatic heterocycles. The van der Waals surface area contributed by atoms with Crippen molar-refractivity contribution in [2.45, 2.75) is 0 Å². The summed E-state index contributed by atoms with van der Waals surface area (Å²) in [6.45, 7) is 2.69. The number of hydrogen-bond acceptors (Lipinski definition) is 6. The Morgan fingerprint density at radius 2 is 1.95 bits per heavy atom. The molecule has 3 heterocycles. The van der Waals surface area contributed by atoms with E-state index in [1.165, 1.54) is 6.33 Å². The van der Waals surface area contributed by atoms with E-state index >= 15 is 0 Å². The number of benzene rings is 1. The van der Waals surface area contributed by atoms with Crippen LogP contribution >= 0.6 is 0 Å². The quantitative estimate of drug-likeness (QED) is 0.863. The number of nitrogens with one attached hydrogen (secondary N) is 1. The number of hydrogen-bond donors (Lipinski definition) is 1. The number of morpholine rings is 1. The van der Waals surface area contributed by atoms with Crippen molar-refractivity contribution in [2.75, 3.05) is 36.5 Å². The van der Waals surface area contributed by atoms with E-state index in [1.54, 1.807) is 18.2 Å². The number of amides is 1. The summed E-state index contributed by atoms with van der Waals surface area (Å²) in [5.41, 5.74) is 0.985. The van der Waals surface area contributed by atoms with Gasteiger partial charge >= 0.3 is 0 Å². The summed E-state index contributed by atoms with van der Waals surface area (Å²) in [5, 5.41) is 2.87. The van der Waals surface area contributed by atoms with Gasteiger partial charge in [-0.1, -0.05) is 12.1 Å². The molecule has 0 unspecified atom stereocenters. The van der Waals surface area contributed by atoms with Gasteiger partial charge in [0, 0.05) is 13.1 Å². The largest absolute Gasteiger partial charge is 0.436 e. The van der Waals surface area contributed by atoms with Gasteiger partial charge in [-0.3, -0.25) is 4.79 Å². The zero-order chi connectivity index (χ0) is 14.9.